The lowest BCUT2D eigenvalue weighted by Gasteiger charge is -2.29. The number of hydrogen-bond acceptors (Lipinski definition) is 4. The molecular formula is C24H31BrN2O4. The Kier molecular flexibility index (Phi) is 9.85. The van der Waals surface area contributed by atoms with Gasteiger partial charge in [-0.3, -0.25) is 9.59 Å². The van der Waals surface area contributed by atoms with Crippen molar-refractivity contribution in [1.82, 2.24) is 10.2 Å². The van der Waals surface area contributed by atoms with Gasteiger partial charge in [-0.05, 0) is 71.1 Å². The molecule has 0 saturated heterocycles. The number of nitrogens with one attached hydrogen (secondary N) is 1. The molecule has 2 amide bonds. The quantitative estimate of drug-likeness (QED) is 0.508. The normalized spacial score (nSPS) is 11.5. The molecule has 0 aromatic heterocycles. The summed E-state index contributed by atoms with van der Waals surface area (Å²) in [6.45, 7) is 6.50. The van der Waals surface area contributed by atoms with Crippen molar-refractivity contribution in [3.8, 4) is 11.5 Å². The third-order valence-electron chi connectivity index (χ3n) is 4.98. The first kappa shape index (κ1) is 24.7. The topological polar surface area (TPSA) is 67.9 Å². The summed E-state index contributed by atoms with van der Waals surface area (Å²) < 4.78 is 11.8. The van der Waals surface area contributed by atoms with E-state index in [1.807, 2.05) is 49.4 Å². The third-order valence-corrected chi connectivity index (χ3v) is 5.60. The summed E-state index contributed by atoms with van der Waals surface area (Å²) in [4.78, 5) is 27.2. The van der Waals surface area contributed by atoms with Crippen LogP contribution in [0.1, 0.15) is 38.3 Å². The van der Waals surface area contributed by atoms with Gasteiger partial charge in [0, 0.05) is 13.1 Å². The van der Waals surface area contributed by atoms with Gasteiger partial charge in [-0.1, -0.05) is 32.0 Å². The van der Waals surface area contributed by atoms with Crippen molar-refractivity contribution >= 4 is 27.7 Å². The van der Waals surface area contributed by atoms with Crippen molar-refractivity contribution in [1.29, 1.82) is 0 Å². The Hall–Kier alpha value is -2.54. The van der Waals surface area contributed by atoms with Crippen LogP contribution in [0.25, 0.3) is 0 Å². The third kappa shape index (κ3) is 7.28. The summed E-state index contributed by atoms with van der Waals surface area (Å²) in [5, 5.41) is 2.87. The largest absolute Gasteiger partial charge is 0.497 e. The van der Waals surface area contributed by atoms with Crippen LogP contribution in [0.15, 0.2) is 46.9 Å². The number of amides is 2. The van der Waals surface area contributed by atoms with E-state index in [0.717, 1.165) is 28.6 Å². The summed E-state index contributed by atoms with van der Waals surface area (Å²) in [6, 6.07) is 12.6. The first-order valence-corrected chi connectivity index (χ1v) is 11.3. The zero-order valence-electron chi connectivity index (χ0n) is 18.6. The van der Waals surface area contributed by atoms with Crippen LogP contribution in [0.3, 0.4) is 0 Å². The maximum Gasteiger partial charge on any atom is 0.261 e. The van der Waals surface area contributed by atoms with Crippen LogP contribution >= 0.6 is 15.9 Å². The number of aryl methyl sites for hydroxylation is 1. The highest BCUT2D eigenvalue weighted by Crippen LogP contribution is 2.26. The van der Waals surface area contributed by atoms with Gasteiger partial charge in [0.2, 0.25) is 5.91 Å². The second-order valence-corrected chi connectivity index (χ2v) is 8.10. The first-order valence-electron chi connectivity index (χ1n) is 10.5. The molecule has 2 aromatic carbocycles. The molecule has 0 fully saturated rings. The summed E-state index contributed by atoms with van der Waals surface area (Å²) >= 11 is 3.50. The second-order valence-electron chi connectivity index (χ2n) is 7.24. The fourth-order valence-corrected chi connectivity index (χ4v) is 3.55. The van der Waals surface area contributed by atoms with Crippen LogP contribution in [0.2, 0.25) is 0 Å². The molecule has 0 aliphatic rings. The van der Waals surface area contributed by atoms with Gasteiger partial charge in [-0.15, -0.1) is 0 Å². The van der Waals surface area contributed by atoms with Crippen LogP contribution in [0.4, 0.5) is 0 Å². The number of nitrogens with zero attached hydrogens (tertiary/aromatic N) is 1. The number of carbonyl (C=O) groups excluding carboxylic acids is 2. The Labute approximate surface area is 193 Å². The predicted octanol–water partition coefficient (Wildman–Crippen LogP) is 4.34. The number of carbonyl (C=O) groups is 2. The minimum atomic E-state index is -0.629. The van der Waals surface area contributed by atoms with Gasteiger partial charge in [0.05, 0.1) is 11.6 Å². The highest BCUT2D eigenvalue weighted by Gasteiger charge is 2.26. The van der Waals surface area contributed by atoms with E-state index in [1.165, 1.54) is 5.56 Å². The van der Waals surface area contributed by atoms with E-state index in [9.17, 15) is 9.59 Å². The predicted molar refractivity (Wildman–Crippen MR) is 125 cm³/mol. The molecule has 0 aliphatic heterocycles. The van der Waals surface area contributed by atoms with E-state index in [0.29, 0.717) is 18.8 Å². The average molecular weight is 491 g/mol. The van der Waals surface area contributed by atoms with Crippen LogP contribution < -0.4 is 14.8 Å². The SMILES string of the molecule is CCCNC(=O)[C@@H](C)N(Cc1ccc(OC)cc1)C(=O)COc1ccc(CC)cc1Br. The standard InChI is InChI=1S/C24H31BrN2O4/c1-5-13-26-24(29)17(3)27(15-19-7-10-20(30-4)11-8-19)23(28)16-31-22-12-9-18(6-2)14-21(22)25/h7-12,14,17H,5-6,13,15-16H2,1-4H3,(H,26,29)/t17-/m1/s1. The Bertz CT molecular complexity index is 870. The molecule has 0 spiro atoms. The van der Waals surface area contributed by atoms with Crippen LogP contribution in [-0.4, -0.2) is 43.0 Å². The monoisotopic (exact) mass is 490 g/mol. The fraction of sp³-hybridized carbons (Fsp3) is 0.417. The summed E-state index contributed by atoms with van der Waals surface area (Å²) in [5.74, 6) is 0.885. The maximum absolute atomic E-state index is 13.1. The van der Waals surface area contributed by atoms with Gasteiger partial charge in [0.25, 0.3) is 5.91 Å². The summed E-state index contributed by atoms with van der Waals surface area (Å²) in [7, 11) is 1.60. The molecule has 0 unspecified atom stereocenters. The van der Waals surface area contributed by atoms with Crippen molar-refractivity contribution in [2.75, 3.05) is 20.3 Å². The maximum atomic E-state index is 13.1. The minimum Gasteiger partial charge on any atom is -0.497 e. The lowest BCUT2D eigenvalue weighted by atomic mass is 10.1. The van der Waals surface area contributed by atoms with Gasteiger partial charge in [-0.25, -0.2) is 0 Å². The highest BCUT2D eigenvalue weighted by molar-refractivity contribution is 9.10. The minimum absolute atomic E-state index is 0.161. The molecule has 1 atom stereocenters. The molecule has 1 N–H and O–H groups in total. The molecule has 0 saturated carbocycles. The van der Waals surface area contributed by atoms with Gasteiger partial charge >= 0.3 is 0 Å². The average Bonchev–Trinajstić information content (AvgIpc) is 2.79. The molecule has 2 aromatic rings. The highest BCUT2D eigenvalue weighted by atomic mass is 79.9. The van der Waals surface area contributed by atoms with E-state index in [4.69, 9.17) is 9.47 Å². The van der Waals surface area contributed by atoms with Crippen LogP contribution in [-0.2, 0) is 22.6 Å². The van der Waals surface area contributed by atoms with E-state index in [2.05, 4.69) is 28.2 Å². The molecule has 2 rings (SSSR count). The van der Waals surface area contributed by atoms with Crippen molar-refractivity contribution in [2.24, 2.45) is 0 Å². The molecule has 0 heterocycles. The Morgan fingerprint density at radius 3 is 2.35 bits per heavy atom. The Morgan fingerprint density at radius 2 is 1.77 bits per heavy atom. The first-order chi connectivity index (χ1) is 14.9. The number of rotatable bonds is 11. The van der Waals surface area contributed by atoms with E-state index in [1.54, 1.807) is 18.9 Å². The smallest absolute Gasteiger partial charge is 0.261 e. The molecule has 0 bridgehead atoms. The number of benzene rings is 2. The van der Waals surface area contributed by atoms with Gasteiger partial charge in [0.1, 0.15) is 17.5 Å². The van der Waals surface area contributed by atoms with Crippen LogP contribution in [0, 0.1) is 0 Å². The van der Waals surface area contributed by atoms with Crippen molar-refractivity contribution < 1.29 is 19.1 Å². The fourth-order valence-electron chi connectivity index (χ4n) is 3.01. The molecule has 0 radical (unpaired) electrons. The van der Waals surface area contributed by atoms with E-state index >= 15 is 0 Å². The number of halogens is 1. The lowest BCUT2D eigenvalue weighted by molar-refractivity contribution is -0.142. The van der Waals surface area contributed by atoms with Crippen LogP contribution in [0.5, 0.6) is 11.5 Å². The molecule has 0 aliphatic carbocycles. The van der Waals surface area contributed by atoms with E-state index in [-0.39, 0.29) is 18.4 Å². The Balaban J connectivity index is 2.15. The van der Waals surface area contributed by atoms with Crippen molar-refractivity contribution in [3.05, 3.63) is 58.1 Å². The molecule has 6 nitrogen and oxygen atoms in total. The number of ether oxygens (including phenoxy) is 2. The summed E-state index contributed by atoms with van der Waals surface area (Å²) in [5.41, 5.74) is 2.07. The van der Waals surface area contributed by atoms with Gasteiger partial charge in [-0.2, -0.15) is 0 Å². The summed E-state index contributed by atoms with van der Waals surface area (Å²) in [6.07, 6.45) is 1.74. The Morgan fingerprint density at radius 1 is 1.10 bits per heavy atom. The van der Waals surface area contributed by atoms with Gasteiger partial charge < -0.3 is 19.7 Å². The zero-order chi connectivity index (χ0) is 22.8. The molecule has 7 heteroatoms. The van der Waals surface area contributed by atoms with Crippen molar-refractivity contribution in [3.63, 3.8) is 0 Å². The van der Waals surface area contributed by atoms with Gasteiger partial charge in [0.15, 0.2) is 6.61 Å². The second kappa shape index (κ2) is 12.3. The molecular weight excluding hydrogens is 460 g/mol. The molecule has 31 heavy (non-hydrogen) atoms. The lowest BCUT2D eigenvalue weighted by Crippen LogP contribution is -2.49. The zero-order valence-corrected chi connectivity index (χ0v) is 20.2. The molecule has 168 valence electrons. The van der Waals surface area contributed by atoms with E-state index < -0.39 is 6.04 Å². The van der Waals surface area contributed by atoms with Crippen molar-refractivity contribution in [2.45, 2.75) is 46.2 Å². The number of methoxy groups -OCH3 is 1. The number of hydrogen-bond donors (Lipinski definition) is 1.